The molecule has 23 heavy (non-hydrogen) atoms. The molecular weight excluding hydrogens is 296 g/mol. The fourth-order valence-corrected chi connectivity index (χ4v) is 3.29. The molecule has 0 aromatic heterocycles. The second-order valence-electron chi connectivity index (χ2n) is 7.43. The fourth-order valence-electron chi connectivity index (χ4n) is 3.29. The van der Waals surface area contributed by atoms with Crippen LogP contribution in [0.3, 0.4) is 0 Å². The third-order valence-corrected chi connectivity index (χ3v) is 4.48. The van der Waals surface area contributed by atoms with Crippen molar-refractivity contribution in [2.45, 2.75) is 58.6 Å². The first kappa shape index (κ1) is 18.0. The van der Waals surface area contributed by atoms with Gasteiger partial charge < -0.3 is 14.4 Å². The van der Waals surface area contributed by atoms with Crippen LogP contribution in [-0.4, -0.2) is 66.3 Å². The Morgan fingerprint density at radius 3 is 2.30 bits per heavy atom. The molecule has 2 saturated heterocycles. The van der Waals surface area contributed by atoms with Crippen molar-refractivity contribution in [1.82, 2.24) is 9.80 Å². The summed E-state index contributed by atoms with van der Waals surface area (Å²) in [7, 11) is 0. The zero-order valence-electron chi connectivity index (χ0n) is 14.8. The summed E-state index contributed by atoms with van der Waals surface area (Å²) in [5.74, 6) is -0.0245. The summed E-state index contributed by atoms with van der Waals surface area (Å²) < 4.78 is 10.6. The van der Waals surface area contributed by atoms with Crippen LogP contribution >= 0.6 is 0 Å². The molecule has 1 amide bonds. The van der Waals surface area contributed by atoms with Crippen molar-refractivity contribution < 1.29 is 19.1 Å². The van der Waals surface area contributed by atoms with Crippen LogP contribution in [0.1, 0.15) is 47.0 Å². The Morgan fingerprint density at radius 2 is 1.74 bits per heavy atom. The minimum absolute atomic E-state index is 0.0366. The van der Waals surface area contributed by atoms with Gasteiger partial charge in [0.25, 0.3) is 0 Å². The van der Waals surface area contributed by atoms with Crippen molar-refractivity contribution in [1.29, 1.82) is 0 Å². The summed E-state index contributed by atoms with van der Waals surface area (Å²) in [6.45, 7) is 11.2. The number of carbonyl (C=O) groups excluding carboxylic acids is 2. The highest BCUT2D eigenvalue weighted by atomic mass is 16.6. The first-order chi connectivity index (χ1) is 10.8. The Hall–Kier alpha value is -1.30. The molecule has 0 saturated carbocycles. The average Bonchev–Trinajstić information content (AvgIpc) is 2.96. The van der Waals surface area contributed by atoms with Gasteiger partial charge in [0, 0.05) is 19.1 Å². The maximum Gasteiger partial charge on any atom is 0.410 e. The number of esters is 1. The van der Waals surface area contributed by atoms with E-state index >= 15 is 0 Å². The quantitative estimate of drug-likeness (QED) is 0.745. The van der Waals surface area contributed by atoms with Crippen molar-refractivity contribution in [2.75, 3.05) is 32.8 Å². The summed E-state index contributed by atoms with van der Waals surface area (Å²) in [5, 5.41) is 0. The van der Waals surface area contributed by atoms with Crippen molar-refractivity contribution >= 4 is 12.1 Å². The predicted octanol–water partition coefficient (Wildman–Crippen LogP) is 2.27. The summed E-state index contributed by atoms with van der Waals surface area (Å²) in [5.41, 5.74) is -0.451. The van der Waals surface area contributed by atoms with Gasteiger partial charge in [-0.3, -0.25) is 9.69 Å². The highest BCUT2D eigenvalue weighted by Crippen LogP contribution is 2.25. The maximum absolute atomic E-state index is 12.1. The molecule has 6 heteroatoms. The van der Waals surface area contributed by atoms with Crippen molar-refractivity contribution in [3.63, 3.8) is 0 Å². The van der Waals surface area contributed by atoms with E-state index in [1.165, 1.54) is 0 Å². The van der Waals surface area contributed by atoms with E-state index in [1.54, 1.807) is 4.90 Å². The molecule has 0 aromatic rings. The predicted molar refractivity (Wildman–Crippen MR) is 87.1 cm³/mol. The molecule has 2 aliphatic rings. The van der Waals surface area contributed by atoms with Crippen molar-refractivity contribution in [2.24, 2.45) is 5.92 Å². The maximum atomic E-state index is 12.1. The highest BCUT2D eigenvalue weighted by Gasteiger charge is 2.35. The van der Waals surface area contributed by atoms with Gasteiger partial charge in [-0.2, -0.15) is 0 Å². The SMILES string of the molecule is CCOC(=O)C1CCN(C2CCN(C(=O)OC(C)(C)C)C2)CC1. The number of amides is 1. The lowest BCUT2D eigenvalue weighted by atomic mass is 9.95. The van der Waals surface area contributed by atoms with Gasteiger partial charge in [-0.05, 0) is 60.0 Å². The minimum atomic E-state index is -0.451. The smallest absolute Gasteiger partial charge is 0.410 e. The molecule has 2 fully saturated rings. The lowest BCUT2D eigenvalue weighted by Gasteiger charge is -2.35. The average molecular weight is 326 g/mol. The van der Waals surface area contributed by atoms with Gasteiger partial charge in [0.05, 0.1) is 12.5 Å². The van der Waals surface area contributed by atoms with E-state index in [0.717, 1.165) is 45.4 Å². The molecule has 0 aliphatic carbocycles. The first-order valence-electron chi connectivity index (χ1n) is 8.68. The molecule has 6 nitrogen and oxygen atoms in total. The van der Waals surface area contributed by atoms with E-state index in [9.17, 15) is 9.59 Å². The Labute approximate surface area is 139 Å². The van der Waals surface area contributed by atoms with E-state index in [0.29, 0.717) is 12.6 Å². The number of rotatable bonds is 3. The Bertz CT molecular complexity index is 425. The van der Waals surface area contributed by atoms with E-state index in [4.69, 9.17) is 9.47 Å². The summed E-state index contributed by atoms with van der Waals surface area (Å²) in [6.07, 6.45) is 2.45. The number of likely N-dealkylation sites (tertiary alicyclic amines) is 2. The molecule has 1 unspecified atom stereocenters. The molecule has 2 aliphatic heterocycles. The molecule has 0 bridgehead atoms. The first-order valence-corrected chi connectivity index (χ1v) is 8.68. The van der Waals surface area contributed by atoms with Crippen LogP contribution < -0.4 is 0 Å². The number of carbonyl (C=O) groups is 2. The zero-order valence-corrected chi connectivity index (χ0v) is 14.8. The number of ether oxygens (including phenoxy) is 2. The summed E-state index contributed by atoms with van der Waals surface area (Å²) in [6, 6.07) is 0.380. The van der Waals surface area contributed by atoms with Crippen LogP contribution in [0.5, 0.6) is 0 Å². The Kier molecular flexibility index (Phi) is 5.89. The van der Waals surface area contributed by atoms with Crippen LogP contribution in [0.4, 0.5) is 4.79 Å². The highest BCUT2D eigenvalue weighted by molar-refractivity contribution is 5.72. The number of piperidine rings is 1. The van der Waals surface area contributed by atoms with Gasteiger partial charge in [0.15, 0.2) is 0 Å². The van der Waals surface area contributed by atoms with E-state index in [2.05, 4.69) is 4.90 Å². The second-order valence-corrected chi connectivity index (χ2v) is 7.43. The molecule has 0 spiro atoms. The van der Waals surface area contributed by atoms with Crippen LogP contribution in [0.15, 0.2) is 0 Å². The van der Waals surface area contributed by atoms with E-state index in [-0.39, 0.29) is 18.0 Å². The molecule has 132 valence electrons. The number of nitrogens with zero attached hydrogens (tertiary/aromatic N) is 2. The third-order valence-electron chi connectivity index (χ3n) is 4.48. The third kappa shape index (κ3) is 5.09. The van der Waals surface area contributed by atoms with Crippen LogP contribution in [-0.2, 0) is 14.3 Å². The van der Waals surface area contributed by atoms with Gasteiger partial charge in [0.1, 0.15) is 5.60 Å². The molecule has 0 N–H and O–H groups in total. The zero-order chi connectivity index (χ0) is 17.0. The van der Waals surface area contributed by atoms with Crippen LogP contribution in [0.25, 0.3) is 0 Å². The van der Waals surface area contributed by atoms with Gasteiger partial charge in [-0.25, -0.2) is 4.79 Å². The lowest BCUT2D eigenvalue weighted by molar-refractivity contribution is -0.149. The molecule has 2 rings (SSSR count). The monoisotopic (exact) mass is 326 g/mol. The molecule has 0 aromatic carbocycles. The summed E-state index contributed by atoms with van der Waals surface area (Å²) in [4.78, 5) is 28.1. The summed E-state index contributed by atoms with van der Waals surface area (Å²) >= 11 is 0. The molecular formula is C17H30N2O4. The largest absolute Gasteiger partial charge is 0.466 e. The normalized spacial score (nSPS) is 23.8. The van der Waals surface area contributed by atoms with Crippen molar-refractivity contribution in [3.05, 3.63) is 0 Å². The lowest BCUT2D eigenvalue weighted by Crippen LogP contribution is -2.45. The van der Waals surface area contributed by atoms with Crippen LogP contribution in [0, 0.1) is 5.92 Å². The molecule has 1 atom stereocenters. The molecule has 2 heterocycles. The van der Waals surface area contributed by atoms with Gasteiger partial charge in [-0.1, -0.05) is 0 Å². The van der Waals surface area contributed by atoms with Gasteiger partial charge in [-0.15, -0.1) is 0 Å². The van der Waals surface area contributed by atoms with Gasteiger partial charge >= 0.3 is 12.1 Å². The molecule has 0 radical (unpaired) electrons. The van der Waals surface area contributed by atoms with Crippen LogP contribution in [0.2, 0.25) is 0 Å². The number of hydrogen-bond donors (Lipinski definition) is 0. The second kappa shape index (κ2) is 7.51. The van der Waals surface area contributed by atoms with E-state index in [1.807, 2.05) is 27.7 Å². The topological polar surface area (TPSA) is 59.1 Å². The van der Waals surface area contributed by atoms with Gasteiger partial charge in [0.2, 0.25) is 0 Å². The van der Waals surface area contributed by atoms with Crippen molar-refractivity contribution in [3.8, 4) is 0 Å². The fraction of sp³-hybridized carbons (Fsp3) is 0.882. The standard InChI is InChI=1S/C17H30N2O4/c1-5-22-15(20)13-6-9-18(10-7-13)14-8-11-19(12-14)16(21)23-17(2,3)4/h13-14H,5-12H2,1-4H3. The van der Waals surface area contributed by atoms with E-state index < -0.39 is 5.60 Å². The minimum Gasteiger partial charge on any atom is -0.466 e. The number of hydrogen-bond acceptors (Lipinski definition) is 5. The Morgan fingerprint density at radius 1 is 1.09 bits per heavy atom. The Balaban J connectivity index is 1.78.